The van der Waals surface area contributed by atoms with Gasteiger partial charge in [-0.3, -0.25) is 4.79 Å². The van der Waals surface area contributed by atoms with E-state index in [-0.39, 0.29) is 11.2 Å². The summed E-state index contributed by atoms with van der Waals surface area (Å²) in [5.41, 5.74) is 1.03. The maximum atomic E-state index is 12.0. The predicted octanol–water partition coefficient (Wildman–Crippen LogP) is 3.53. The van der Waals surface area contributed by atoms with Crippen molar-refractivity contribution in [2.45, 2.75) is 23.7 Å². The van der Waals surface area contributed by atoms with Crippen molar-refractivity contribution in [3.05, 3.63) is 59.2 Å². The second kappa shape index (κ2) is 7.31. The summed E-state index contributed by atoms with van der Waals surface area (Å²) in [7, 11) is 0. The molecule has 0 radical (unpaired) electrons. The maximum Gasteiger partial charge on any atom is 0.233 e. The first kappa shape index (κ1) is 14.9. The standard InChI is InChI=1S/C15H15ClN2OS/c1-11(20-14-4-2-3-9-17-14)15(19)18-10-12-5-7-13(16)8-6-12/h2-9,11H,10H2,1H3,(H,18,19). The Hall–Kier alpha value is -1.52. The normalized spacial score (nSPS) is 11.9. The van der Waals surface area contributed by atoms with Crippen LogP contribution in [0.4, 0.5) is 0 Å². The Morgan fingerprint density at radius 3 is 2.70 bits per heavy atom. The summed E-state index contributed by atoms with van der Waals surface area (Å²) in [4.78, 5) is 16.2. The second-order valence-electron chi connectivity index (χ2n) is 4.27. The van der Waals surface area contributed by atoms with Gasteiger partial charge in [-0.25, -0.2) is 4.98 Å². The Kier molecular flexibility index (Phi) is 5.44. The molecule has 0 fully saturated rings. The van der Waals surface area contributed by atoms with E-state index in [1.54, 1.807) is 6.20 Å². The summed E-state index contributed by atoms with van der Waals surface area (Å²) in [5, 5.41) is 4.27. The third-order valence-electron chi connectivity index (χ3n) is 2.68. The third kappa shape index (κ3) is 4.54. The molecule has 0 bridgehead atoms. The molecule has 1 atom stereocenters. The van der Waals surface area contributed by atoms with Crippen molar-refractivity contribution >= 4 is 29.3 Å². The van der Waals surface area contributed by atoms with Gasteiger partial charge in [0.25, 0.3) is 0 Å². The van der Waals surface area contributed by atoms with E-state index in [0.29, 0.717) is 11.6 Å². The van der Waals surface area contributed by atoms with E-state index in [9.17, 15) is 4.79 Å². The van der Waals surface area contributed by atoms with Gasteiger partial charge in [0.2, 0.25) is 5.91 Å². The van der Waals surface area contributed by atoms with Crippen molar-refractivity contribution in [3.8, 4) is 0 Å². The highest BCUT2D eigenvalue weighted by molar-refractivity contribution is 8.00. The van der Waals surface area contributed by atoms with Gasteiger partial charge in [-0.05, 0) is 36.8 Å². The predicted molar refractivity (Wildman–Crippen MR) is 82.9 cm³/mol. The summed E-state index contributed by atoms with van der Waals surface area (Å²) < 4.78 is 0. The highest BCUT2D eigenvalue weighted by atomic mass is 35.5. The van der Waals surface area contributed by atoms with Gasteiger partial charge in [0.05, 0.1) is 10.3 Å². The Balaban J connectivity index is 1.83. The fourth-order valence-corrected chi connectivity index (χ4v) is 2.54. The van der Waals surface area contributed by atoms with E-state index in [0.717, 1.165) is 10.6 Å². The van der Waals surface area contributed by atoms with E-state index in [4.69, 9.17) is 11.6 Å². The highest BCUT2D eigenvalue weighted by Gasteiger charge is 2.14. The minimum Gasteiger partial charge on any atom is -0.351 e. The lowest BCUT2D eigenvalue weighted by Crippen LogP contribution is -2.30. The van der Waals surface area contributed by atoms with Gasteiger partial charge < -0.3 is 5.32 Å². The van der Waals surface area contributed by atoms with Gasteiger partial charge in [-0.2, -0.15) is 0 Å². The maximum absolute atomic E-state index is 12.0. The molecule has 1 aromatic carbocycles. The van der Waals surface area contributed by atoms with Crippen LogP contribution in [0.1, 0.15) is 12.5 Å². The lowest BCUT2D eigenvalue weighted by molar-refractivity contribution is -0.120. The first-order chi connectivity index (χ1) is 9.65. The largest absolute Gasteiger partial charge is 0.351 e. The average Bonchev–Trinajstić information content (AvgIpc) is 2.47. The number of nitrogens with one attached hydrogen (secondary N) is 1. The molecule has 0 aliphatic heterocycles. The van der Waals surface area contributed by atoms with Crippen molar-refractivity contribution in [1.29, 1.82) is 0 Å². The molecule has 0 aliphatic rings. The second-order valence-corrected chi connectivity index (χ2v) is 6.07. The van der Waals surface area contributed by atoms with Gasteiger partial charge in [0.1, 0.15) is 0 Å². The molecular formula is C15H15ClN2OS. The van der Waals surface area contributed by atoms with Crippen LogP contribution in [0.25, 0.3) is 0 Å². The molecular weight excluding hydrogens is 292 g/mol. The van der Waals surface area contributed by atoms with Gasteiger partial charge in [0, 0.05) is 17.8 Å². The number of thioether (sulfide) groups is 1. The zero-order chi connectivity index (χ0) is 14.4. The van der Waals surface area contributed by atoms with Crippen molar-refractivity contribution in [2.24, 2.45) is 0 Å². The van der Waals surface area contributed by atoms with Crippen LogP contribution in [0.15, 0.2) is 53.7 Å². The number of carbonyl (C=O) groups is 1. The first-order valence-electron chi connectivity index (χ1n) is 6.25. The van der Waals surface area contributed by atoms with E-state index >= 15 is 0 Å². The van der Waals surface area contributed by atoms with Crippen molar-refractivity contribution < 1.29 is 4.79 Å². The molecule has 2 rings (SSSR count). The minimum absolute atomic E-state index is 0.00407. The fourth-order valence-electron chi connectivity index (χ4n) is 1.59. The summed E-state index contributed by atoms with van der Waals surface area (Å²) in [6, 6.07) is 13.1. The van der Waals surface area contributed by atoms with Gasteiger partial charge >= 0.3 is 0 Å². The molecule has 0 aliphatic carbocycles. The summed E-state index contributed by atoms with van der Waals surface area (Å²) in [6.45, 7) is 2.37. The molecule has 104 valence electrons. The molecule has 1 amide bonds. The zero-order valence-electron chi connectivity index (χ0n) is 11.0. The molecule has 3 nitrogen and oxygen atoms in total. The molecule has 1 aromatic heterocycles. The number of rotatable bonds is 5. The van der Waals surface area contributed by atoms with Crippen LogP contribution < -0.4 is 5.32 Å². The smallest absolute Gasteiger partial charge is 0.233 e. The Morgan fingerprint density at radius 2 is 2.05 bits per heavy atom. The molecule has 0 saturated heterocycles. The van der Waals surface area contributed by atoms with Crippen LogP contribution in [0.3, 0.4) is 0 Å². The van der Waals surface area contributed by atoms with Crippen LogP contribution >= 0.6 is 23.4 Å². The van der Waals surface area contributed by atoms with Crippen LogP contribution in [0.5, 0.6) is 0 Å². The summed E-state index contributed by atoms with van der Waals surface area (Å²) in [5.74, 6) is -0.00407. The number of aromatic nitrogens is 1. The molecule has 20 heavy (non-hydrogen) atoms. The average molecular weight is 307 g/mol. The molecule has 1 N–H and O–H groups in total. The van der Waals surface area contributed by atoms with Crippen LogP contribution in [0, 0.1) is 0 Å². The topological polar surface area (TPSA) is 42.0 Å². The molecule has 5 heteroatoms. The lowest BCUT2D eigenvalue weighted by Gasteiger charge is -2.11. The number of halogens is 1. The Labute approximate surface area is 127 Å². The molecule has 0 spiro atoms. The fraction of sp³-hybridized carbons (Fsp3) is 0.200. The monoisotopic (exact) mass is 306 g/mol. The van der Waals surface area contributed by atoms with E-state index in [2.05, 4.69) is 10.3 Å². The first-order valence-corrected chi connectivity index (χ1v) is 7.51. The molecule has 0 saturated carbocycles. The summed E-state index contributed by atoms with van der Waals surface area (Å²) >= 11 is 7.26. The van der Waals surface area contributed by atoms with Gasteiger partial charge in [-0.1, -0.05) is 41.6 Å². The van der Waals surface area contributed by atoms with Crippen molar-refractivity contribution in [1.82, 2.24) is 10.3 Å². The Bertz CT molecular complexity index is 560. The zero-order valence-corrected chi connectivity index (χ0v) is 12.6. The van der Waals surface area contributed by atoms with Crippen LogP contribution in [0.2, 0.25) is 5.02 Å². The number of benzene rings is 1. The number of nitrogens with zero attached hydrogens (tertiary/aromatic N) is 1. The van der Waals surface area contributed by atoms with E-state index in [1.165, 1.54) is 11.8 Å². The summed E-state index contributed by atoms with van der Waals surface area (Å²) in [6.07, 6.45) is 1.72. The van der Waals surface area contributed by atoms with Crippen molar-refractivity contribution in [3.63, 3.8) is 0 Å². The lowest BCUT2D eigenvalue weighted by atomic mass is 10.2. The number of carbonyl (C=O) groups excluding carboxylic acids is 1. The Morgan fingerprint density at radius 1 is 1.30 bits per heavy atom. The van der Waals surface area contributed by atoms with Crippen LogP contribution in [-0.2, 0) is 11.3 Å². The molecule has 1 heterocycles. The number of amides is 1. The number of hydrogen-bond acceptors (Lipinski definition) is 3. The molecule has 2 aromatic rings. The minimum atomic E-state index is -0.183. The third-order valence-corrected chi connectivity index (χ3v) is 3.99. The van der Waals surface area contributed by atoms with E-state index in [1.807, 2.05) is 49.4 Å². The van der Waals surface area contributed by atoms with Crippen LogP contribution in [-0.4, -0.2) is 16.1 Å². The van der Waals surface area contributed by atoms with Crippen molar-refractivity contribution in [2.75, 3.05) is 0 Å². The highest BCUT2D eigenvalue weighted by Crippen LogP contribution is 2.20. The van der Waals surface area contributed by atoms with Gasteiger partial charge in [-0.15, -0.1) is 0 Å². The molecule has 1 unspecified atom stereocenters. The number of pyridine rings is 1. The SMILES string of the molecule is CC(Sc1ccccn1)C(=O)NCc1ccc(Cl)cc1. The van der Waals surface area contributed by atoms with E-state index < -0.39 is 0 Å². The van der Waals surface area contributed by atoms with Gasteiger partial charge in [0.15, 0.2) is 0 Å². The number of hydrogen-bond donors (Lipinski definition) is 1. The quantitative estimate of drug-likeness (QED) is 0.859.